The Morgan fingerprint density at radius 3 is 2.68 bits per heavy atom. The van der Waals surface area contributed by atoms with E-state index in [2.05, 4.69) is 4.98 Å². The number of aromatic nitrogens is 1. The number of aliphatic hydroxyl groups is 1. The van der Waals surface area contributed by atoms with E-state index in [-0.39, 0.29) is 18.6 Å². The van der Waals surface area contributed by atoms with Gasteiger partial charge in [-0.1, -0.05) is 0 Å². The van der Waals surface area contributed by atoms with Gasteiger partial charge < -0.3 is 14.7 Å². The predicted octanol–water partition coefficient (Wildman–Crippen LogP) is 0.624. The van der Waals surface area contributed by atoms with Gasteiger partial charge in [0.25, 0.3) is 0 Å². The number of carbonyl (C=O) groups excluding carboxylic acids is 1. The molecule has 104 valence electrons. The van der Waals surface area contributed by atoms with Crippen LogP contribution in [0.25, 0.3) is 0 Å². The van der Waals surface area contributed by atoms with E-state index in [9.17, 15) is 4.79 Å². The average molecular weight is 264 g/mol. The number of ether oxygens (including phenoxy) is 1. The molecule has 2 rings (SSSR count). The summed E-state index contributed by atoms with van der Waals surface area (Å²) in [5.41, 5.74) is 0.999. The van der Waals surface area contributed by atoms with Crippen molar-refractivity contribution in [2.75, 3.05) is 26.3 Å². The monoisotopic (exact) mass is 264 g/mol. The zero-order valence-corrected chi connectivity index (χ0v) is 11.0. The Kier molecular flexibility index (Phi) is 5.30. The first kappa shape index (κ1) is 14.0. The first-order chi connectivity index (χ1) is 9.29. The van der Waals surface area contributed by atoms with Gasteiger partial charge in [0.05, 0.1) is 25.7 Å². The fraction of sp³-hybridized carbons (Fsp3) is 0.571. The molecule has 0 atom stereocenters. The molecule has 0 bridgehead atoms. The molecule has 1 aromatic heterocycles. The summed E-state index contributed by atoms with van der Waals surface area (Å²) in [6.07, 6.45) is 5.72. The van der Waals surface area contributed by atoms with E-state index in [1.54, 1.807) is 12.4 Å². The number of rotatable bonds is 5. The Balaban J connectivity index is 1.76. The lowest BCUT2D eigenvalue weighted by Gasteiger charge is -2.32. The summed E-state index contributed by atoms with van der Waals surface area (Å²) in [5.74, 6) is 0.159. The maximum Gasteiger partial charge on any atom is 0.226 e. The Labute approximate surface area is 113 Å². The standard InChI is InChI=1S/C14H20N2O3/c17-9-10-19-13-3-7-16(8-4-13)14(18)11-12-1-5-15-6-2-12/h1-2,5-6,13,17H,3-4,7-11H2. The molecule has 0 aromatic carbocycles. The second-order valence-corrected chi connectivity index (χ2v) is 4.71. The van der Waals surface area contributed by atoms with Gasteiger partial charge in [-0.05, 0) is 30.5 Å². The first-order valence-corrected chi connectivity index (χ1v) is 6.68. The van der Waals surface area contributed by atoms with Gasteiger partial charge in [0, 0.05) is 25.5 Å². The normalized spacial score (nSPS) is 16.6. The minimum Gasteiger partial charge on any atom is -0.394 e. The number of likely N-dealkylation sites (tertiary alicyclic amines) is 1. The van der Waals surface area contributed by atoms with Gasteiger partial charge >= 0.3 is 0 Å². The van der Waals surface area contributed by atoms with Crippen LogP contribution in [0.15, 0.2) is 24.5 Å². The average Bonchev–Trinajstić information content (AvgIpc) is 2.46. The van der Waals surface area contributed by atoms with Gasteiger partial charge in [-0.2, -0.15) is 0 Å². The highest BCUT2D eigenvalue weighted by Gasteiger charge is 2.22. The summed E-state index contributed by atoms with van der Waals surface area (Å²) in [7, 11) is 0. The number of aliphatic hydroxyl groups excluding tert-OH is 1. The SMILES string of the molecule is O=C(Cc1ccncc1)N1CCC(OCCO)CC1. The Morgan fingerprint density at radius 1 is 1.37 bits per heavy atom. The molecule has 1 aromatic rings. The number of carbonyl (C=O) groups is 1. The Morgan fingerprint density at radius 2 is 2.05 bits per heavy atom. The van der Waals surface area contributed by atoms with Crippen LogP contribution in [0.5, 0.6) is 0 Å². The fourth-order valence-corrected chi connectivity index (χ4v) is 2.28. The molecule has 0 spiro atoms. The van der Waals surface area contributed by atoms with E-state index in [0.29, 0.717) is 13.0 Å². The molecule has 19 heavy (non-hydrogen) atoms. The summed E-state index contributed by atoms with van der Waals surface area (Å²) >= 11 is 0. The van der Waals surface area contributed by atoms with Crippen LogP contribution in [0, 0.1) is 0 Å². The molecule has 2 heterocycles. The third-order valence-corrected chi connectivity index (χ3v) is 3.34. The molecule has 1 N–H and O–H groups in total. The van der Waals surface area contributed by atoms with Crippen LogP contribution >= 0.6 is 0 Å². The molecule has 1 saturated heterocycles. The van der Waals surface area contributed by atoms with Gasteiger partial charge in [-0.25, -0.2) is 0 Å². The molecule has 1 fully saturated rings. The third kappa shape index (κ3) is 4.29. The smallest absolute Gasteiger partial charge is 0.226 e. The van der Waals surface area contributed by atoms with Gasteiger partial charge in [-0.3, -0.25) is 9.78 Å². The van der Waals surface area contributed by atoms with Gasteiger partial charge in [-0.15, -0.1) is 0 Å². The van der Waals surface area contributed by atoms with Crippen LogP contribution in [-0.2, 0) is 16.0 Å². The first-order valence-electron chi connectivity index (χ1n) is 6.68. The number of pyridine rings is 1. The quantitative estimate of drug-likeness (QED) is 0.847. The molecule has 5 heteroatoms. The fourth-order valence-electron chi connectivity index (χ4n) is 2.28. The van der Waals surface area contributed by atoms with Crippen molar-refractivity contribution < 1.29 is 14.6 Å². The lowest BCUT2D eigenvalue weighted by Crippen LogP contribution is -2.41. The van der Waals surface area contributed by atoms with Crippen molar-refractivity contribution in [2.45, 2.75) is 25.4 Å². The van der Waals surface area contributed by atoms with Crippen LogP contribution in [0.4, 0.5) is 0 Å². The van der Waals surface area contributed by atoms with Crippen molar-refractivity contribution in [3.8, 4) is 0 Å². The largest absolute Gasteiger partial charge is 0.394 e. The summed E-state index contributed by atoms with van der Waals surface area (Å²) in [5, 5.41) is 8.71. The highest BCUT2D eigenvalue weighted by molar-refractivity contribution is 5.78. The maximum absolute atomic E-state index is 12.1. The summed E-state index contributed by atoms with van der Waals surface area (Å²) in [4.78, 5) is 17.9. The second-order valence-electron chi connectivity index (χ2n) is 4.71. The molecule has 0 saturated carbocycles. The summed E-state index contributed by atoms with van der Waals surface area (Å²) in [6.45, 7) is 1.91. The topological polar surface area (TPSA) is 62.7 Å². The minimum absolute atomic E-state index is 0.0567. The Hall–Kier alpha value is -1.46. The highest BCUT2D eigenvalue weighted by Crippen LogP contribution is 2.14. The van der Waals surface area contributed by atoms with E-state index in [1.165, 1.54) is 0 Å². The molecule has 5 nitrogen and oxygen atoms in total. The van der Waals surface area contributed by atoms with Crippen molar-refractivity contribution in [3.63, 3.8) is 0 Å². The molecule has 1 aliphatic heterocycles. The second kappa shape index (κ2) is 7.21. The van der Waals surface area contributed by atoms with Gasteiger partial charge in [0.15, 0.2) is 0 Å². The number of amides is 1. The third-order valence-electron chi connectivity index (χ3n) is 3.34. The number of hydrogen-bond donors (Lipinski definition) is 1. The van der Waals surface area contributed by atoms with Crippen molar-refractivity contribution >= 4 is 5.91 Å². The molecule has 1 aliphatic rings. The number of hydrogen-bond acceptors (Lipinski definition) is 4. The lowest BCUT2D eigenvalue weighted by molar-refractivity contribution is -0.133. The molecule has 0 unspecified atom stereocenters. The van der Waals surface area contributed by atoms with Crippen molar-refractivity contribution in [1.29, 1.82) is 0 Å². The van der Waals surface area contributed by atoms with E-state index in [0.717, 1.165) is 31.5 Å². The van der Waals surface area contributed by atoms with E-state index >= 15 is 0 Å². The molecule has 1 amide bonds. The van der Waals surface area contributed by atoms with Crippen molar-refractivity contribution in [2.24, 2.45) is 0 Å². The minimum atomic E-state index is 0.0567. The number of nitrogens with zero attached hydrogens (tertiary/aromatic N) is 2. The van der Waals surface area contributed by atoms with Gasteiger partial charge in [0.1, 0.15) is 0 Å². The zero-order valence-electron chi connectivity index (χ0n) is 11.0. The predicted molar refractivity (Wildman–Crippen MR) is 70.6 cm³/mol. The van der Waals surface area contributed by atoms with Crippen LogP contribution in [0.1, 0.15) is 18.4 Å². The maximum atomic E-state index is 12.1. The van der Waals surface area contributed by atoms with Gasteiger partial charge in [0.2, 0.25) is 5.91 Å². The summed E-state index contributed by atoms with van der Waals surface area (Å²) in [6, 6.07) is 3.74. The van der Waals surface area contributed by atoms with E-state index in [4.69, 9.17) is 9.84 Å². The van der Waals surface area contributed by atoms with E-state index in [1.807, 2.05) is 17.0 Å². The van der Waals surface area contributed by atoms with Crippen molar-refractivity contribution in [3.05, 3.63) is 30.1 Å². The molecule has 0 radical (unpaired) electrons. The van der Waals surface area contributed by atoms with E-state index < -0.39 is 0 Å². The molecule has 0 aliphatic carbocycles. The summed E-state index contributed by atoms with van der Waals surface area (Å²) < 4.78 is 5.48. The zero-order chi connectivity index (χ0) is 13.5. The van der Waals surface area contributed by atoms with Crippen LogP contribution in [0.2, 0.25) is 0 Å². The van der Waals surface area contributed by atoms with Crippen LogP contribution < -0.4 is 0 Å². The molecular formula is C14H20N2O3. The Bertz CT molecular complexity index is 389. The van der Waals surface area contributed by atoms with Crippen LogP contribution in [-0.4, -0.2) is 53.3 Å². The van der Waals surface area contributed by atoms with Crippen LogP contribution in [0.3, 0.4) is 0 Å². The molecular weight excluding hydrogens is 244 g/mol. The highest BCUT2D eigenvalue weighted by atomic mass is 16.5. The number of piperidine rings is 1. The van der Waals surface area contributed by atoms with Crippen molar-refractivity contribution in [1.82, 2.24) is 9.88 Å². The lowest BCUT2D eigenvalue weighted by atomic mass is 10.1.